The number of nitrogens with zero attached hydrogens (tertiary/aromatic N) is 3. The zero-order chi connectivity index (χ0) is 29.4. The highest BCUT2D eigenvalue weighted by atomic mass is 35.5. The molecule has 5 rings (SSSR count). The maximum Gasteiger partial charge on any atom is 0.335 e. The van der Waals surface area contributed by atoms with Crippen molar-refractivity contribution in [3.05, 3.63) is 106 Å². The third kappa shape index (κ3) is 5.42. The number of carbonyl (C=O) groups is 2. The average molecular weight is 588 g/mol. The summed E-state index contributed by atoms with van der Waals surface area (Å²) in [6.45, 7) is 7.71. The number of hydrogen-bond acceptors (Lipinski definition) is 4. The van der Waals surface area contributed by atoms with Crippen molar-refractivity contribution in [3.63, 3.8) is 0 Å². The second kappa shape index (κ2) is 11.3. The van der Waals surface area contributed by atoms with Crippen LogP contribution in [-0.2, 0) is 4.79 Å². The Balaban J connectivity index is 1.60. The Kier molecular flexibility index (Phi) is 7.84. The fourth-order valence-electron chi connectivity index (χ4n) is 5.22. The normalized spacial score (nSPS) is 16.6. The van der Waals surface area contributed by atoms with Gasteiger partial charge in [-0.05, 0) is 92.3 Å². The number of thiocarbonyl (C=S) groups is 1. The van der Waals surface area contributed by atoms with Gasteiger partial charge in [0.2, 0.25) is 5.91 Å². The molecule has 3 N–H and O–H groups in total. The molecule has 0 saturated carbocycles. The standard InChI is InChI=1S/C31H30ClN5O3S/c1-17(2)29(38)34-25-13-12-22(16-24(25)32)37-28(27(35-31(37)41)26-7-5-6-14-33-26)23-15-18(3)36(19(23)4)21-10-8-20(9-11-21)30(39)40/h5-17,27-28H,1-4H3,(H,34,38)(H,35,41)(H,39,40)/t27-,28+/m1/s1. The van der Waals surface area contributed by atoms with E-state index < -0.39 is 5.97 Å². The van der Waals surface area contributed by atoms with Crippen molar-refractivity contribution in [1.82, 2.24) is 14.9 Å². The van der Waals surface area contributed by atoms with Crippen LogP contribution in [0, 0.1) is 19.8 Å². The number of benzene rings is 2. The van der Waals surface area contributed by atoms with Gasteiger partial charge < -0.3 is 25.2 Å². The van der Waals surface area contributed by atoms with Gasteiger partial charge in [0.1, 0.15) is 0 Å². The number of carboxylic acid groups (broad SMARTS) is 1. The number of rotatable bonds is 7. The number of aryl methyl sites for hydroxylation is 1. The van der Waals surface area contributed by atoms with Gasteiger partial charge in [-0.3, -0.25) is 9.78 Å². The summed E-state index contributed by atoms with van der Waals surface area (Å²) in [5.41, 5.74) is 6.24. The summed E-state index contributed by atoms with van der Waals surface area (Å²) < 4.78 is 2.10. The van der Waals surface area contributed by atoms with Crippen LogP contribution >= 0.6 is 23.8 Å². The van der Waals surface area contributed by atoms with Crippen molar-refractivity contribution in [2.45, 2.75) is 39.8 Å². The zero-order valence-corrected chi connectivity index (χ0v) is 24.6. The van der Waals surface area contributed by atoms with Crippen LogP contribution in [0.1, 0.15) is 58.9 Å². The van der Waals surface area contributed by atoms with Gasteiger partial charge in [0, 0.05) is 34.9 Å². The molecule has 0 unspecified atom stereocenters. The highest BCUT2D eigenvalue weighted by Gasteiger charge is 2.42. The topological polar surface area (TPSA) is 99.5 Å². The summed E-state index contributed by atoms with van der Waals surface area (Å²) >= 11 is 12.5. The quantitative estimate of drug-likeness (QED) is 0.209. The van der Waals surface area contributed by atoms with Gasteiger partial charge in [-0.2, -0.15) is 0 Å². The number of hydrogen-bond donors (Lipinski definition) is 3. The van der Waals surface area contributed by atoms with Gasteiger partial charge in [0.15, 0.2) is 5.11 Å². The van der Waals surface area contributed by atoms with Crippen molar-refractivity contribution in [2.24, 2.45) is 5.92 Å². The van der Waals surface area contributed by atoms with E-state index in [-0.39, 0.29) is 29.5 Å². The molecule has 0 radical (unpaired) electrons. The van der Waals surface area contributed by atoms with Crippen LogP contribution < -0.4 is 15.5 Å². The van der Waals surface area contributed by atoms with Gasteiger partial charge in [0.05, 0.1) is 34.1 Å². The molecule has 0 spiro atoms. The summed E-state index contributed by atoms with van der Waals surface area (Å²) in [5, 5.41) is 16.6. The maximum atomic E-state index is 12.3. The Bertz CT molecular complexity index is 1640. The van der Waals surface area contributed by atoms with E-state index in [4.69, 9.17) is 23.8 Å². The third-order valence-electron chi connectivity index (χ3n) is 7.27. The zero-order valence-electron chi connectivity index (χ0n) is 23.1. The minimum atomic E-state index is -0.967. The molecule has 4 aromatic rings. The van der Waals surface area contributed by atoms with E-state index in [0.717, 1.165) is 34.0 Å². The van der Waals surface area contributed by atoms with E-state index in [1.54, 1.807) is 24.4 Å². The summed E-state index contributed by atoms with van der Waals surface area (Å²) in [7, 11) is 0. The minimum Gasteiger partial charge on any atom is -0.478 e. The molecular weight excluding hydrogens is 558 g/mol. The molecule has 2 atom stereocenters. The number of anilines is 2. The average Bonchev–Trinajstić information content (AvgIpc) is 3.44. The lowest BCUT2D eigenvalue weighted by molar-refractivity contribution is -0.118. The molecule has 1 aliphatic rings. The summed E-state index contributed by atoms with van der Waals surface area (Å²) in [6, 6.07) is 19.7. The van der Waals surface area contributed by atoms with Crippen LogP contribution in [0.4, 0.5) is 11.4 Å². The molecule has 1 fully saturated rings. The molecule has 1 saturated heterocycles. The Labute approximate surface area is 249 Å². The fourth-order valence-corrected chi connectivity index (χ4v) is 5.79. The highest BCUT2D eigenvalue weighted by Crippen LogP contribution is 2.44. The summed E-state index contributed by atoms with van der Waals surface area (Å²) in [6.07, 6.45) is 1.76. The molecule has 0 aliphatic carbocycles. The van der Waals surface area contributed by atoms with Crippen molar-refractivity contribution in [2.75, 3.05) is 10.2 Å². The monoisotopic (exact) mass is 587 g/mol. The molecule has 8 nitrogen and oxygen atoms in total. The molecule has 1 aliphatic heterocycles. The Hall–Kier alpha value is -4.21. The second-order valence-corrected chi connectivity index (χ2v) is 11.1. The van der Waals surface area contributed by atoms with E-state index in [2.05, 4.69) is 26.3 Å². The first-order chi connectivity index (χ1) is 19.6. The van der Waals surface area contributed by atoms with E-state index in [1.165, 1.54) is 0 Å². The largest absolute Gasteiger partial charge is 0.478 e. The van der Waals surface area contributed by atoms with Crippen LogP contribution in [0.5, 0.6) is 0 Å². The number of aromatic nitrogens is 2. The lowest BCUT2D eigenvalue weighted by Crippen LogP contribution is -2.29. The van der Waals surface area contributed by atoms with E-state index >= 15 is 0 Å². The van der Waals surface area contributed by atoms with Crippen LogP contribution in [0.25, 0.3) is 5.69 Å². The molecule has 210 valence electrons. The van der Waals surface area contributed by atoms with Gasteiger partial charge in [-0.1, -0.05) is 31.5 Å². The van der Waals surface area contributed by atoms with Gasteiger partial charge in [0.25, 0.3) is 0 Å². The third-order valence-corrected chi connectivity index (χ3v) is 7.90. The predicted octanol–water partition coefficient (Wildman–Crippen LogP) is 6.61. The number of halogens is 1. The minimum absolute atomic E-state index is 0.116. The number of nitrogens with one attached hydrogen (secondary N) is 2. The van der Waals surface area contributed by atoms with Crippen LogP contribution in [0.3, 0.4) is 0 Å². The lowest BCUT2D eigenvalue weighted by atomic mass is 9.96. The van der Waals surface area contributed by atoms with Crippen LogP contribution in [-0.4, -0.2) is 31.6 Å². The smallest absolute Gasteiger partial charge is 0.335 e. The van der Waals surface area contributed by atoms with Gasteiger partial charge >= 0.3 is 5.97 Å². The fraction of sp³-hybridized carbons (Fsp3) is 0.226. The van der Waals surface area contributed by atoms with Gasteiger partial charge in [-0.25, -0.2) is 4.79 Å². The van der Waals surface area contributed by atoms with Crippen molar-refractivity contribution in [3.8, 4) is 5.69 Å². The van der Waals surface area contributed by atoms with Crippen molar-refractivity contribution in [1.29, 1.82) is 0 Å². The first kappa shape index (κ1) is 28.3. The molecule has 2 aromatic heterocycles. The van der Waals surface area contributed by atoms with E-state index in [0.29, 0.717) is 15.8 Å². The van der Waals surface area contributed by atoms with Crippen molar-refractivity contribution < 1.29 is 14.7 Å². The molecule has 3 heterocycles. The van der Waals surface area contributed by atoms with E-state index in [1.807, 2.05) is 75.1 Å². The summed E-state index contributed by atoms with van der Waals surface area (Å²) in [4.78, 5) is 30.4. The first-order valence-electron chi connectivity index (χ1n) is 13.2. The van der Waals surface area contributed by atoms with Crippen molar-refractivity contribution >= 4 is 52.2 Å². The number of amides is 1. The predicted molar refractivity (Wildman–Crippen MR) is 165 cm³/mol. The second-order valence-electron chi connectivity index (χ2n) is 10.3. The Morgan fingerprint density at radius 3 is 2.37 bits per heavy atom. The Morgan fingerprint density at radius 2 is 1.76 bits per heavy atom. The van der Waals surface area contributed by atoms with E-state index in [9.17, 15) is 14.7 Å². The number of carboxylic acids is 1. The molecular formula is C31H30ClN5O3S. The molecule has 10 heteroatoms. The Morgan fingerprint density at radius 1 is 1.05 bits per heavy atom. The summed E-state index contributed by atoms with van der Waals surface area (Å²) in [5.74, 6) is -1.26. The first-order valence-corrected chi connectivity index (χ1v) is 14.0. The molecule has 41 heavy (non-hydrogen) atoms. The highest BCUT2D eigenvalue weighted by molar-refractivity contribution is 7.80. The number of pyridine rings is 1. The lowest BCUT2D eigenvalue weighted by Gasteiger charge is -2.28. The van der Waals surface area contributed by atoms with Crippen LogP contribution in [0.2, 0.25) is 5.02 Å². The number of aromatic carboxylic acids is 1. The number of carbonyl (C=O) groups excluding carboxylic acids is 1. The van der Waals surface area contributed by atoms with Gasteiger partial charge in [-0.15, -0.1) is 0 Å². The SMILES string of the molecule is Cc1cc([C@H]2[C@@H](c3ccccn3)NC(=S)N2c2ccc(NC(=O)C(C)C)c(Cl)c2)c(C)n1-c1ccc(C(=O)O)cc1. The molecule has 1 amide bonds. The molecule has 0 bridgehead atoms. The maximum absolute atomic E-state index is 12.3. The molecule has 2 aromatic carbocycles. The van der Waals surface area contributed by atoms with Crippen LogP contribution in [0.15, 0.2) is 72.9 Å².